The molecule has 0 spiro atoms. The predicted molar refractivity (Wildman–Crippen MR) is 75.4 cm³/mol. The first-order chi connectivity index (χ1) is 10.2. The summed E-state index contributed by atoms with van der Waals surface area (Å²) in [7, 11) is 1.29. The normalized spacial score (nSPS) is 11.5. The maximum atomic E-state index is 12.0. The van der Waals surface area contributed by atoms with Gasteiger partial charge in [-0.25, -0.2) is 9.78 Å². The zero-order valence-electron chi connectivity index (χ0n) is 11.5. The molecule has 0 saturated carbocycles. The zero-order chi connectivity index (χ0) is 15.1. The Labute approximate surface area is 122 Å². The Morgan fingerprint density at radius 2 is 2.00 bits per heavy atom. The highest BCUT2D eigenvalue weighted by Crippen LogP contribution is 2.05. The number of carbonyl (C=O) groups excluding carboxylic acids is 2. The lowest BCUT2D eigenvalue weighted by Gasteiger charge is -2.16. The van der Waals surface area contributed by atoms with Crippen molar-refractivity contribution in [3.63, 3.8) is 0 Å². The number of rotatable bonds is 5. The summed E-state index contributed by atoms with van der Waals surface area (Å²) in [6.45, 7) is 0. The molecule has 2 aromatic rings. The molecule has 1 unspecified atom stereocenters. The highest BCUT2D eigenvalue weighted by atomic mass is 16.5. The molecular formula is C15H15N3O3. The fraction of sp³-hybridized carbons (Fsp3) is 0.200. The quantitative estimate of drug-likeness (QED) is 0.829. The van der Waals surface area contributed by atoms with E-state index in [9.17, 15) is 9.59 Å². The van der Waals surface area contributed by atoms with Crippen LogP contribution >= 0.6 is 0 Å². The van der Waals surface area contributed by atoms with E-state index in [1.165, 1.54) is 25.7 Å². The molecule has 1 aromatic carbocycles. The number of aromatic nitrogens is 2. The van der Waals surface area contributed by atoms with Gasteiger partial charge in [-0.05, 0) is 5.56 Å². The van der Waals surface area contributed by atoms with Crippen molar-refractivity contribution in [2.75, 3.05) is 7.11 Å². The molecule has 0 aliphatic rings. The number of benzene rings is 1. The fourth-order valence-corrected chi connectivity index (χ4v) is 1.83. The van der Waals surface area contributed by atoms with Crippen molar-refractivity contribution in [3.05, 3.63) is 60.2 Å². The molecule has 21 heavy (non-hydrogen) atoms. The van der Waals surface area contributed by atoms with Gasteiger partial charge in [-0.2, -0.15) is 0 Å². The van der Waals surface area contributed by atoms with Crippen LogP contribution in [0.4, 0.5) is 0 Å². The highest BCUT2D eigenvalue weighted by Gasteiger charge is 2.23. The van der Waals surface area contributed by atoms with Crippen LogP contribution in [0.2, 0.25) is 0 Å². The number of hydrogen-bond acceptors (Lipinski definition) is 5. The summed E-state index contributed by atoms with van der Waals surface area (Å²) in [5.74, 6) is -0.967. The number of nitrogens with zero attached hydrogens (tertiary/aromatic N) is 2. The average Bonchev–Trinajstić information content (AvgIpc) is 2.55. The van der Waals surface area contributed by atoms with Crippen molar-refractivity contribution < 1.29 is 14.3 Å². The van der Waals surface area contributed by atoms with Gasteiger partial charge in [-0.1, -0.05) is 30.3 Å². The molecular weight excluding hydrogens is 270 g/mol. The molecule has 2 rings (SSSR count). The molecule has 0 fully saturated rings. The van der Waals surface area contributed by atoms with E-state index in [4.69, 9.17) is 4.74 Å². The standard InChI is InChI=1S/C15H15N3O3/c1-21-15(20)12(9-11-5-3-2-4-6-11)18-14(19)13-10-16-7-8-17-13/h2-8,10,12H,9H2,1H3,(H,18,19). The zero-order valence-corrected chi connectivity index (χ0v) is 11.5. The summed E-state index contributed by atoms with van der Waals surface area (Å²) < 4.78 is 4.73. The molecule has 6 nitrogen and oxygen atoms in total. The molecule has 1 amide bonds. The van der Waals surface area contributed by atoms with Gasteiger partial charge in [-0.15, -0.1) is 0 Å². The molecule has 1 N–H and O–H groups in total. The third-order valence-corrected chi connectivity index (χ3v) is 2.87. The summed E-state index contributed by atoms with van der Waals surface area (Å²) in [6, 6.07) is 8.61. The van der Waals surface area contributed by atoms with Crippen molar-refractivity contribution in [2.24, 2.45) is 0 Å². The third-order valence-electron chi connectivity index (χ3n) is 2.87. The smallest absolute Gasteiger partial charge is 0.328 e. The Bertz CT molecular complexity index is 602. The second-order valence-corrected chi connectivity index (χ2v) is 4.33. The van der Waals surface area contributed by atoms with Crippen molar-refractivity contribution >= 4 is 11.9 Å². The van der Waals surface area contributed by atoms with E-state index in [1.54, 1.807) is 0 Å². The van der Waals surface area contributed by atoms with Crippen molar-refractivity contribution in [2.45, 2.75) is 12.5 Å². The Morgan fingerprint density at radius 1 is 1.24 bits per heavy atom. The van der Waals surface area contributed by atoms with Crippen LogP contribution in [0.5, 0.6) is 0 Å². The Balaban J connectivity index is 2.10. The molecule has 1 heterocycles. The summed E-state index contributed by atoms with van der Waals surface area (Å²) in [5.41, 5.74) is 1.08. The van der Waals surface area contributed by atoms with Gasteiger partial charge < -0.3 is 10.1 Å². The summed E-state index contributed by atoms with van der Waals surface area (Å²) in [4.78, 5) is 31.6. The van der Waals surface area contributed by atoms with E-state index in [1.807, 2.05) is 30.3 Å². The molecule has 0 aliphatic heterocycles. The molecule has 0 aliphatic carbocycles. The Morgan fingerprint density at radius 3 is 2.62 bits per heavy atom. The minimum Gasteiger partial charge on any atom is -0.467 e. The average molecular weight is 285 g/mol. The summed E-state index contributed by atoms with van der Waals surface area (Å²) in [6.07, 6.45) is 4.57. The van der Waals surface area contributed by atoms with Crippen molar-refractivity contribution in [3.8, 4) is 0 Å². The second-order valence-electron chi connectivity index (χ2n) is 4.33. The van der Waals surface area contributed by atoms with Gasteiger partial charge in [0.05, 0.1) is 13.3 Å². The highest BCUT2D eigenvalue weighted by molar-refractivity contribution is 5.94. The van der Waals surface area contributed by atoms with E-state index in [-0.39, 0.29) is 5.69 Å². The van der Waals surface area contributed by atoms with E-state index in [0.717, 1.165) is 5.56 Å². The maximum absolute atomic E-state index is 12.0. The summed E-state index contributed by atoms with van der Waals surface area (Å²) in [5, 5.41) is 2.62. The van der Waals surface area contributed by atoms with Gasteiger partial charge in [-0.3, -0.25) is 9.78 Å². The van der Waals surface area contributed by atoms with Crippen LogP contribution in [0.25, 0.3) is 0 Å². The van der Waals surface area contributed by atoms with Crippen LogP contribution in [0, 0.1) is 0 Å². The van der Waals surface area contributed by atoms with Gasteiger partial charge in [0.15, 0.2) is 0 Å². The molecule has 6 heteroatoms. The maximum Gasteiger partial charge on any atom is 0.328 e. The largest absolute Gasteiger partial charge is 0.467 e. The first kappa shape index (κ1) is 14.6. The SMILES string of the molecule is COC(=O)C(Cc1ccccc1)NC(=O)c1cnccn1. The van der Waals surface area contributed by atoms with Crippen LogP contribution in [0.15, 0.2) is 48.9 Å². The van der Waals surface area contributed by atoms with Crippen LogP contribution in [-0.2, 0) is 16.0 Å². The van der Waals surface area contributed by atoms with E-state index in [2.05, 4.69) is 15.3 Å². The number of methoxy groups -OCH3 is 1. The number of nitrogens with one attached hydrogen (secondary N) is 1. The molecule has 1 atom stereocenters. The predicted octanol–water partition coefficient (Wildman–Crippen LogP) is 0.991. The van der Waals surface area contributed by atoms with Gasteiger partial charge in [0.25, 0.3) is 5.91 Å². The van der Waals surface area contributed by atoms with Crippen LogP contribution < -0.4 is 5.32 Å². The minimum absolute atomic E-state index is 0.152. The van der Waals surface area contributed by atoms with Crippen LogP contribution in [0.3, 0.4) is 0 Å². The monoisotopic (exact) mass is 285 g/mol. The molecule has 1 aromatic heterocycles. The van der Waals surface area contributed by atoms with Crippen molar-refractivity contribution in [1.82, 2.24) is 15.3 Å². The molecule has 0 radical (unpaired) electrons. The van der Waals surface area contributed by atoms with Crippen LogP contribution in [-0.4, -0.2) is 35.0 Å². The van der Waals surface area contributed by atoms with Gasteiger partial charge >= 0.3 is 5.97 Å². The number of ether oxygens (including phenoxy) is 1. The van der Waals surface area contributed by atoms with Gasteiger partial charge in [0.2, 0.25) is 0 Å². The third kappa shape index (κ3) is 4.10. The second kappa shape index (κ2) is 7.14. The lowest BCUT2D eigenvalue weighted by Crippen LogP contribution is -2.43. The first-order valence-corrected chi connectivity index (χ1v) is 6.39. The molecule has 0 bridgehead atoms. The number of esters is 1. The van der Waals surface area contributed by atoms with Gasteiger partial charge in [0, 0.05) is 18.8 Å². The molecule has 0 saturated heterocycles. The minimum atomic E-state index is -0.771. The van der Waals surface area contributed by atoms with E-state index < -0.39 is 17.9 Å². The fourth-order valence-electron chi connectivity index (χ4n) is 1.83. The Kier molecular flexibility index (Phi) is 4.98. The number of carbonyl (C=O) groups is 2. The summed E-state index contributed by atoms with van der Waals surface area (Å²) >= 11 is 0. The van der Waals surface area contributed by atoms with Gasteiger partial charge in [0.1, 0.15) is 11.7 Å². The topological polar surface area (TPSA) is 81.2 Å². The van der Waals surface area contributed by atoms with E-state index in [0.29, 0.717) is 6.42 Å². The first-order valence-electron chi connectivity index (χ1n) is 6.39. The lowest BCUT2D eigenvalue weighted by atomic mass is 10.1. The van der Waals surface area contributed by atoms with Crippen LogP contribution in [0.1, 0.15) is 16.1 Å². The number of hydrogen-bond donors (Lipinski definition) is 1. The van der Waals surface area contributed by atoms with E-state index >= 15 is 0 Å². The number of amides is 1. The van der Waals surface area contributed by atoms with Crippen molar-refractivity contribution in [1.29, 1.82) is 0 Å². The Hall–Kier alpha value is -2.76. The molecule has 108 valence electrons. The lowest BCUT2D eigenvalue weighted by molar-refractivity contribution is -0.142.